The van der Waals surface area contributed by atoms with Crippen molar-refractivity contribution in [1.82, 2.24) is 4.98 Å². The molecule has 0 aliphatic rings. The number of rotatable bonds is 2. The quantitative estimate of drug-likeness (QED) is 0.771. The van der Waals surface area contributed by atoms with Gasteiger partial charge in [-0.15, -0.1) is 0 Å². The van der Waals surface area contributed by atoms with E-state index in [-0.39, 0.29) is 0 Å². The highest BCUT2D eigenvalue weighted by Crippen LogP contribution is 2.11. The number of amides is 1. The van der Waals surface area contributed by atoms with Crippen molar-refractivity contribution in [1.29, 1.82) is 0 Å². The lowest BCUT2D eigenvalue weighted by Gasteiger charge is -2.14. The second-order valence-corrected chi connectivity index (χ2v) is 2.71. The highest BCUT2D eigenvalue weighted by Gasteiger charge is 2.11. The van der Waals surface area contributed by atoms with E-state index in [4.69, 9.17) is 10.5 Å². The summed E-state index contributed by atoms with van der Waals surface area (Å²) < 4.78 is 4.80. The van der Waals surface area contributed by atoms with Gasteiger partial charge < -0.3 is 10.5 Å². The summed E-state index contributed by atoms with van der Waals surface area (Å²) in [5.41, 5.74) is 6.03. The maximum atomic E-state index is 11.3. The Morgan fingerprint density at radius 3 is 2.86 bits per heavy atom. The Bertz CT molecular complexity index is 310. The molecule has 1 aromatic rings. The molecule has 1 amide bonds. The van der Waals surface area contributed by atoms with Crippen molar-refractivity contribution in [3.8, 4) is 0 Å². The van der Waals surface area contributed by atoms with Crippen LogP contribution >= 0.6 is 0 Å². The normalized spacial score (nSPS) is 9.57. The van der Waals surface area contributed by atoms with E-state index < -0.39 is 6.09 Å². The third kappa shape index (κ3) is 2.35. The van der Waals surface area contributed by atoms with Gasteiger partial charge in [-0.3, -0.25) is 4.90 Å². The summed E-state index contributed by atoms with van der Waals surface area (Å²) in [7, 11) is 1.59. The molecule has 0 aliphatic carbocycles. The molecule has 1 heterocycles. The van der Waals surface area contributed by atoms with Gasteiger partial charge in [0.1, 0.15) is 5.82 Å². The van der Waals surface area contributed by atoms with Crippen LogP contribution in [0.1, 0.15) is 6.92 Å². The van der Waals surface area contributed by atoms with Crippen LogP contribution in [0.5, 0.6) is 0 Å². The van der Waals surface area contributed by atoms with Crippen LogP contribution in [-0.4, -0.2) is 24.7 Å². The molecular formula is C9H13N3O2. The van der Waals surface area contributed by atoms with Crippen LogP contribution in [0.15, 0.2) is 18.3 Å². The molecule has 0 saturated carbocycles. The fraction of sp³-hybridized carbons (Fsp3) is 0.333. The molecule has 0 spiro atoms. The van der Waals surface area contributed by atoms with E-state index in [2.05, 4.69) is 4.98 Å². The Morgan fingerprint density at radius 1 is 1.64 bits per heavy atom. The topological polar surface area (TPSA) is 68.5 Å². The van der Waals surface area contributed by atoms with Gasteiger partial charge in [-0.05, 0) is 19.1 Å². The first-order valence-electron chi connectivity index (χ1n) is 4.27. The molecule has 0 aromatic carbocycles. The predicted molar refractivity (Wildman–Crippen MR) is 54.1 cm³/mol. The van der Waals surface area contributed by atoms with E-state index in [0.717, 1.165) is 0 Å². The first-order valence-corrected chi connectivity index (χ1v) is 4.27. The first-order chi connectivity index (χ1) is 6.65. The minimum Gasteiger partial charge on any atom is -0.449 e. The Hall–Kier alpha value is -1.78. The van der Waals surface area contributed by atoms with E-state index in [1.807, 2.05) is 0 Å². The number of anilines is 2. The molecule has 0 unspecified atom stereocenters. The van der Waals surface area contributed by atoms with Crippen molar-refractivity contribution in [3.05, 3.63) is 18.3 Å². The second kappa shape index (κ2) is 4.45. The molecule has 5 nitrogen and oxygen atoms in total. The molecule has 76 valence electrons. The molecule has 0 saturated heterocycles. The van der Waals surface area contributed by atoms with E-state index in [9.17, 15) is 4.79 Å². The molecule has 2 N–H and O–H groups in total. The predicted octanol–water partition coefficient (Wildman–Crippen LogP) is 1.26. The number of aromatic nitrogens is 1. The van der Waals surface area contributed by atoms with Crippen LogP contribution in [0.4, 0.5) is 16.3 Å². The Balaban J connectivity index is 2.73. The van der Waals surface area contributed by atoms with E-state index in [0.29, 0.717) is 18.1 Å². The summed E-state index contributed by atoms with van der Waals surface area (Å²) in [5, 5.41) is 0. The number of carbonyl (C=O) groups is 1. The van der Waals surface area contributed by atoms with E-state index >= 15 is 0 Å². The Morgan fingerprint density at radius 2 is 2.36 bits per heavy atom. The number of ether oxygens (including phenoxy) is 1. The molecule has 5 heteroatoms. The molecule has 1 rings (SSSR count). The second-order valence-electron chi connectivity index (χ2n) is 2.71. The van der Waals surface area contributed by atoms with Crippen molar-refractivity contribution in [2.24, 2.45) is 0 Å². The summed E-state index contributed by atoms with van der Waals surface area (Å²) in [6.45, 7) is 2.10. The minimum absolute atomic E-state index is 0.345. The smallest absolute Gasteiger partial charge is 0.415 e. The van der Waals surface area contributed by atoms with E-state index in [1.165, 1.54) is 11.1 Å². The number of carbonyl (C=O) groups excluding carboxylic acids is 1. The number of hydrogen-bond acceptors (Lipinski definition) is 4. The van der Waals surface area contributed by atoms with Gasteiger partial charge in [0.15, 0.2) is 0 Å². The number of nitrogens with zero attached hydrogens (tertiary/aromatic N) is 2. The van der Waals surface area contributed by atoms with Crippen LogP contribution in [0, 0.1) is 0 Å². The number of pyridine rings is 1. The average molecular weight is 195 g/mol. The highest BCUT2D eigenvalue weighted by atomic mass is 16.6. The van der Waals surface area contributed by atoms with E-state index in [1.54, 1.807) is 26.1 Å². The molecule has 0 atom stereocenters. The molecule has 0 fully saturated rings. The standard InChI is InChI=1S/C9H13N3O2/c1-3-14-9(13)12(2)8-5-4-7(10)6-11-8/h4-6H,3,10H2,1-2H3. The van der Waals surface area contributed by atoms with Gasteiger partial charge in [0.25, 0.3) is 0 Å². The maximum absolute atomic E-state index is 11.3. The molecule has 1 aromatic heterocycles. The Kier molecular flexibility index (Phi) is 3.28. The minimum atomic E-state index is -0.426. The van der Waals surface area contributed by atoms with Gasteiger partial charge in [0.05, 0.1) is 18.5 Å². The summed E-state index contributed by atoms with van der Waals surface area (Å²) in [4.78, 5) is 16.6. The summed E-state index contributed by atoms with van der Waals surface area (Å²) >= 11 is 0. The number of nitrogen functional groups attached to an aromatic ring is 1. The SMILES string of the molecule is CCOC(=O)N(C)c1ccc(N)cn1. The summed E-state index contributed by atoms with van der Waals surface area (Å²) in [6, 6.07) is 3.34. The lowest BCUT2D eigenvalue weighted by atomic mass is 10.4. The van der Waals surface area contributed by atoms with Gasteiger partial charge in [-0.2, -0.15) is 0 Å². The van der Waals surface area contributed by atoms with Crippen molar-refractivity contribution in [2.45, 2.75) is 6.92 Å². The zero-order valence-corrected chi connectivity index (χ0v) is 8.23. The van der Waals surface area contributed by atoms with Crippen molar-refractivity contribution in [3.63, 3.8) is 0 Å². The molecule has 0 aliphatic heterocycles. The third-order valence-electron chi connectivity index (χ3n) is 1.66. The third-order valence-corrected chi connectivity index (χ3v) is 1.66. The van der Waals surface area contributed by atoms with Crippen LogP contribution in [0.2, 0.25) is 0 Å². The fourth-order valence-corrected chi connectivity index (χ4v) is 0.910. The number of hydrogen-bond donors (Lipinski definition) is 1. The van der Waals surface area contributed by atoms with Gasteiger partial charge in [-0.25, -0.2) is 9.78 Å². The van der Waals surface area contributed by atoms with Crippen LogP contribution in [0.25, 0.3) is 0 Å². The zero-order valence-electron chi connectivity index (χ0n) is 8.23. The van der Waals surface area contributed by atoms with Crippen molar-refractivity contribution >= 4 is 17.6 Å². The van der Waals surface area contributed by atoms with Gasteiger partial charge in [0.2, 0.25) is 0 Å². The maximum Gasteiger partial charge on any atom is 0.415 e. The fourth-order valence-electron chi connectivity index (χ4n) is 0.910. The summed E-state index contributed by atoms with van der Waals surface area (Å²) in [6.07, 6.45) is 1.06. The zero-order chi connectivity index (χ0) is 10.6. The van der Waals surface area contributed by atoms with Gasteiger partial charge in [-0.1, -0.05) is 0 Å². The number of nitrogens with two attached hydrogens (primary N) is 1. The molecule has 14 heavy (non-hydrogen) atoms. The highest BCUT2D eigenvalue weighted by molar-refractivity contribution is 5.85. The largest absolute Gasteiger partial charge is 0.449 e. The lowest BCUT2D eigenvalue weighted by Crippen LogP contribution is -2.27. The van der Waals surface area contributed by atoms with Crippen LogP contribution in [0.3, 0.4) is 0 Å². The lowest BCUT2D eigenvalue weighted by molar-refractivity contribution is 0.161. The van der Waals surface area contributed by atoms with Crippen molar-refractivity contribution in [2.75, 3.05) is 24.3 Å². The Labute approximate surface area is 82.5 Å². The average Bonchev–Trinajstić information content (AvgIpc) is 2.18. The van der Waals surface area contributed by atoms with Gasteiger partial charge in [0, 0.05) is 7.05 Å². The van der Waals surface area contributed by atoms with Crippen molar-refractivity contribution < 1.29 is 9.53 Å². The molecular weight excluding hydrogens is 182 g/mol. The molecule has 0 bridgehead atoms. The van der Waals surface area contributed by atoms with Crippen LogP contribution < -0.4 is 10.6 Å². The van der Waals surface area contributed by atoms with Gasteiger partial charge >= 0.3 is 6.09 Å². The van der Waals surface area contributed by atoms with Crippen LogP contribution in [-0.2, 0) is 4.74 Å². The monoisotopic (exact) mass is 195 g/mol. The first kappa shape index (κ1) is 10.3. The molecule has 0 radical (unpaired) electrons. The summed E-state index contributed by atoms with van der Waals surface area (Å²) in [5.74, 6) is 0.512.